The zero-order valence-electron chi connectivity index (χ0n) is 9.72. The molecule has 0 unspecified atom stereocenters. The molecule has 0 fully saturated rings. The van der Waals surface area contributed by atoms with Crippen molar-refractivity contribution < 1.29 is 0 Å². The van der Waals surface area contributed by atoms with E-state index in [2.05, 4.69) is 37.8 Å². The fourth-order valence-electron chi connectivity index (χ4n) is 1.33. The van der Waals surface area contributed by atoms with Crippen LogP contribution in [0.3, 0.4) is 0 Å². The first-order valence-electron chi connectivity index (χ1n) is 5.57. The first-order valence-corrected chi connectivity index (χ1v) is 5.57. The summed E-state index contributed by atoms with van der Waals surface area (Å²) in [7, 11) is 0. The van der Waals surface area contributed by atoms with E-state index in [1.807, 2.05) is 19.9 Å². The lowest BCUT2D eigenvalue weighted by Crippen LogP contribution is -1.89. The van der Waals surface area contributed by atoms with Crippen molar-refractivity contribution in [3.05, 3.63) is 48.1 Å². The van der Waals surface area contributed by atoms with Crippen molar-refractivity contribution in [2.24, 2.45) is 0 Å². The molecule has 0 bridgehead atoms. The Labute approximate surface area is 88.7 Å². The summed E-state index contributed by atoms with van der Waals surface area (Å²) in [6, 6.07) is 0. The molecule has 0 nitrogen and oxygen atoms in total. The molecule has 0 amide bonds. The molecule has 0 atom stereocenters. The largest absolute Gasteiger partial charge is 0.0988 e. The van der Waals surface area contributed by atoms with E-state index < -0.39 is 0 Å². The van der Waals surface area contributed by atoms with Gasteiger partial charge in [-0.25, -0.2) is 0 Å². The molecule has 0 radical (unpaired) electrons. The highest BCUT2D eigenvalue weighted by Crippen LogP contribution is 2.20. The van der Waals surface area contributed by atoms with Crippen molar-refractivity contribution in [2.75, 3.05) is 0 Å². The first kappa shape index (κ1) is 13.0. The van der Waals surface area contributed by atoms with Crippen LogP contribution < -0.4 is 0 Å². The average molecular weight is 190 g/mol. The minimum absolute atomic E-state index is 1.10. The van der Waals surface area contributed by atoms with Crippen LogP contribution in [-0.2, 0) is 0 Å². The Morgan fingerprint density at radius 2 is 2.14 bits per heavy atom. The molecule has 14 heavy (non-hydrogen) atoms. The van der Waals surface area contributed by atoms with Gasteiger partial charge in [0.1, 0.15) is 0 Å². The van der Waals surface area contributed by atoms with E-state index in [-0.39, 0.29) is 0 Å². The monoisotopic (exact) mass is 190 g/mol. The number of hydrogen-bond acceptors (Lipinski definition) is 0. The first-order chi connectivity index (χ1) is 6.88. The topological polar surface area (TPSA) is 0 Å². The zero-order valence-corrected chi connectivity index (χ0v) is 9.72. The van der Waals surface area contributed by atoms with E-state index in [1.54, 1.807) is 0 Å². The summed E-state index contributed by atoms with van der Waals surface area (Å²) in [6.07, 6.45) is 14.2. The van der Waals surface area contributed by atoms with Gasteiger partial charge in [-0.05, 0) is 30.4 Å². The molecule has 0 aromatic rings. The van der Waals surface area contributed by atoms with Crippen molar-refractivity contribution in [1.82, 2.24) is 0 Å². The minimum Gasteiger partial charge on any atom is -0.0988 e. The summed E-state index contributed by atoms with van der Waals surface area (Å²) in [5.74, 6) is 0. The van der Waals surface area contributed by atoms with Crippen molar-refractivity contribution >= 4 is 0 Å². The van der Waals surface area contributed by atoms with Crippen LogP contribution in [0.15, 0.2) is 48.1 Å². The van der Waals surface area contributed by atoms with Crippen molar-refractivity contribution in [3.8, 4) is 0 Å². The van der Waals surface area contributed by atoms with Gasteiger partial charge in [0, 0.05) is 0 Å². The molecule has 1 rings (SSSR count). The summed E-state index contributed by atoms with van der Waals surface area (Å²) < 4.78 is 0. The molecule has 0 N–H and O–H groups in total. The lowest BCUT2D eigenvalue weighted by Gasteiger charge is -2.08. The highest BCUT2D eigenvalue weighted by atomic mass is 14.1. The van der Waals surface area contributed by atoms with Crippen LogP contribution in [0.25, 0.3) is 0 Å². The van der Waals surface area contributed by atoms with Crippen LogP contribution in [-0.4, -0.2) is 0 Å². The standard InChI is InChI=1S/C12H16.C2H6/c1-3-5-8-12-10-7-6-9-11(12)4-2;1-2/h4-5,7-8,10H,2-3,6,9H2,1H3;1-2H3/b8-5-;. The average Bonchev–Trinajstić information content (AvgIpc) is 2.29. The Morgan fingerprint density at radius 1 is 1.43 bits per heavy atom. The van der Waals surface area contributed by atoms with Crippen molar-refractivity contribution in [2.45, 2.75) is 40.0 Å². The molecule has 0 aromatic carbocycles. The molecule has 78 valence electrons. The third-order valence-corrected chi connectivity index (χ3v) is 2.03. The third kappa shape index (κ3) is 4.27. The molecule has 0 spiro atoms. The van der Waals surface area contributed by atoms with E-state index in [9.17, 15) is 0 Å². The second-order valence-corrected chi connectivity index (χ2v) is 2.94. The predicted octanol–water partition coefficient (Wildman–Crippen LogP) is 4.81. The number of hydrogen-bond donors (Lipinski definition) is 0. The van der Waals surface area contributed by atoms with Gasteiger partial charge in [0.05, 0.1) is 0 Å². The lowest BCUT2D eigenvalue weighted by molar-refractivity contribution is 0.978. The van der Waals surface area contributed by atoms with E-state index in [0.29, 0.717) is 0 Å². The van der Waals surface area contributed by atoms with Gasteiger partial charge in [-0.1, -0.05) is 57.7 Å². The van der Waals surface area contributed by atoms with Crippen molar-refractivity contribution in [3.63, 3.8) is 0 Å². The van der Waals surface area contributed by atoms with Gasteiger partial charge in [0.15, 0.2) is 0 Å². The summed E-state index contributed by atoms with van der Waals surface area (Å²) in [5, 5.41) is 0. The Balaban J connectivity index is 0.000000791. The van der Waals surface area contributed by atoms with Crippen LogP contribution in [0.5, 0.6) is 0 Å². The fraction of sp³-hybridized carbons (Fsp3) is 0.429. The summed E-state index contributed by atoms with van der Waals surface area (Å²) >= 11 is 0. The summed E-state index contributed by atoms with van der Waals surface area (Å²) in [5.41, 5.74) is 2.71. The van der Waals surface area contributed by atoms with Gasteiger partial charge in [-0.2, -0.15) is 0 Å². The van der Waals surface area contributed by atoms with Gasteiger partial charge in [0.2, 0.25) is 0 Å². The molecule has 1 aliphatic carbocycles. The van der Waals surface area contributed by atoms with Gasteiger partial charge in [-0.3, -0.25) is 0 Å². The highest BCUT2D eigenvalue weighted by molar-refractivity contribution is 5.42. The maximum Gasteiger partial charge on any atom is -0.0231 e. The van der Waals surface area contributed by atoms with Crippen LogP contribution in [0.2, 0.25) is 0 Å². The maximum absolute atomic E-state index is 3.82. The smallest absolute Gasteiger partial charge is 0.0231 e. The fourth-order valence-corrected chi connectivity index (χ4v) is 1.33. The number of allylic oxidation sites excluding steroid dienone is 7. The van der Waals surface area contributed by atoms with Gasteiger partial charge in [-0.15, -0.1) is 0 Å². The van der Waals surface area contributed by atoms with Crippen LogP contribution in [0.4, 0.5) is 0 Å². The molecule has 0 heterocycles. The summed E-state index contributed by atoms with van der Waals surface area (Å²) in [6.45, 7) is 9.97. The van der Waals surface area contributed by atoms with E-state index >= 15 is 0 Å². The molecular weight excluding hydrogens is 168 g/mol. The molecule has 0 aliphatic heterocycles. The summed E-state index contributed by atoms with van der Waals surface area (Å²) in [4.78, 5) is 0. The van der Waals surface area contributed by atoms with Crippen LogP contribution in [0.1, 0.15) is 40.0 Å². The molecule has 1 aliphatic rings. The van der Waals surface area contributed by atoms with Gasteiger partial charge in [0.25, 0.3) is 0 Å². The minimum atomic E-state index is 1.10. The third-order valence-electron chi connectivity index (χ3n) is 2.03. The second-order valence-electron chi connectivity index (χ2n) is 2.94. The van der Waals surface area contributed by atoms with Gasteiger partial charge >= 0.3 is 0 Å². The van der Waals surface area contributed by atoms with Crippen LogP contribution >= 0.6 is 0 Å². The second kappa shape index (κ2) is 8.55. The predicted molar refractivity (Wildman–Crippen MR) is 66.4 cm³/mol. The molecule has 0 saturated carbocycles. The lowest BCUT2D eigenvalue weighted by atomic mass is 9.97. The van der Waals surface area contributed by atoms with E-state index in [1.165, 1.54) is 11.1 Å². The Kier molecular flexibility index (Phi) is 7.92. The normalized spacial score (nSPS) is 15.4. The molecule has 0 heteroatoms. The maximum atomic E-state index is 3.82. The highest BCUT2D eigenvalue weighted by Gasteiger charge is 2.01. The van der Waals surface area contributed by atoms with Gasteiger partial charge < -0.3 is 0 Å². The Morgan fingerprint density at radius 3 is 2.71 bits per heavy atom. The zero-order chi connectivity index (χ0) is 10.8. The Hall–Kier alpha value is -1.04. The Bertz CT molecular complexity index is 239. The van der Waals surface area contributed by atoms with E-state index in [0.717, 1.165) is 19.3 Å². The quantitative estimate of drug-likeness (QED) is 0.599. The molecule has 0 saturated heterocycles. The van der Waals surface area contributed by atoms with Crippen molar-refractivity contribution in [1.29, 1.82) is 0 Å². The number of rotatable bonds is 3. The molecular formula is C14H22. The molecule has 0 aromatic heterocycles. The van der Waals surface area contributed by atoms with Crippen LogP contribution in [0, 0.1) is 0 Å². The van der Waals surface area contributed by atoms with E-state index in [4.69, 9.17) is 0 Å². The SMILES string of the molecule is C=CC1=C(/C=C\CC)C=CCC1.CC.